The summed E-state index contributed by atoms with van der Waals surface area (Å²) in [6.45, 7) is 0. The molecular formula is C48H27NO2S2. The number of para-hydroxylation sites is 2. The number of thiophene rings is 2. The molecule has 12 rings (SSSR count). The number of anilines is 3. The highest BCUT2D eigenvalue weighted by Gasteiger charge is 2.20. The smallest absolute Gasteiger partial charge is 0.137 e. The van der Waals surface area contributed by atoms with E-state index in [2.05, 4.69) is 144 Å². The lowest BCUT2D eigenvalue weighted by molar-refractivity contribution is 0.669. The minimum Gasteiger partial charge on any atom is -0.456 e. The van der Waals surface area contributed by atoms with Crippen molar-refractivity contribution >= 4 is 124 Å². The van der Waals surface area contributed by atoms with E-state index in [9.17, 15) is 0 Å². The normalized spacial score (nSPS) is 12.2. The maximum absolute atomic E-state index is 6.40. The van der Waals surface area contributed by atoms with Gasteiger partial charge in [-0.15, -0.1) is 22.7 Å². The van der Waals surface area contributed by atoms with Crippen molar-refractivity contribution in [2.75, 3.05) is 4.90 Å². The third-order valence-electron chi connectivity index (χ3n) is 10.7. The molecule has 0 fully saturated rings. The lowest BCUT2D eigenvalue weighted by atomic mass is 10.0. The lowest BCUT2D eigenvalue weighted by Gasteiger charge is -2.26. The van der Waals surface area contributed by atoms with E-state index in [-0.39, 0.29) is 0 Å². The quantitative estimate of drug-likeness (QED) is 0.182. The Hall–Kier alpha value is -6.40. The lowest BCUT2D eigenvalue weighted by Crippen LogP contribution is -2.09. The van der Waals surface area contributed by atoms with E-state index >= 15 is 0 Å². The van der Waals surface area contributed by atoms with Gasteiger partial charge in [-0.2, -0.15) is 0 Å². The van der Waals surface area contributed by atoms with Gasteiger partial charge in [0.2, 0.25) is 0 Å². The van der Waals surface area contributed by atoms with E-state index < -0.39 is 0 Å². The molecule has 8 aromatic carbocycles. The zero-order chi connectivity index (χ0) is 34.6. The third kappa shape index (κ3) is 4.32. The third-order valence-corrected chi connectivity index (χ3v) is 13.1. The van der Waals surface area contributed by atoms with E-state index in [1.165, 1.54) is 51.5 Å². The number of furan rings is 2. The van der Waals surface area contributed by atoms with Crippen LogP contribution in [0.25, 0.3) is 95.3 Å². The van der Waals surface area contributed by atoms with Crippen molar-refractivity contribution in [3.05, 3.63) is 164 Å². The van der Waals surface area contributed by atoms with Crippen LogP contribution in [0.4, 0.5) is 17.1 Å². The van der Waals surface area contributed by atoms with Gasteiger partial charge in [-0.3, -0.25) is 0 Å². The molecule has 3 nitrogen and oxygen atoms in total. The second-order valence-electron chi connectivity index (χ2n) is 13.6. The number of hydrogen-bond donors (Lipinski definition) is 0. The molecule has 248 valence electrons. The maximum Gasteiger partial charge on any atom is 0.137 e. The summed E-state index contributed by atoms with van der Waals surface area (Å²) >= 11 is 3.79. The largest absolute Gasteiger partial charge is 0.456 e. The van der Waals surface area contributed by atoms with Gasteiger partial charge in [-0.25, -0.2) is 0 Å². The molecule has 0 saturated carbocycles. The monoisotopic (exact) mass is 713 g/mol. The molecule has 0 atom stereocenters. The van der Waals surface area contributed by atoms with Crippen LogP contribution in [0.1, 0.15) is 0 Å². The number of benzene rings is 8. The average molecular weight is 714 g/mol. The fourth-order valence-corrected chi connectivity index (χ4v) is 10.8. The summed E-state index contributed by atoms with van der Waals surface area (Å²) in [4.78, 5) is 2.31. The number of fused-ring (bicyclic) bond motifs is 13. The summed E-state index contributed by atoms with van der Waals surface area (Å²) in [6.07, 6.45) is 0. The maximum atomic E-state index is 6.40. The number of rotatable bonds is 4. The summed E-state index contributed by atoms with van der Waals surface area (Å²) in [5.41, 5.74) is 8.98. The van der Waals surface area contributed by atoms with E-state index in [4.69, 9.17) is 8.83 Å². The first-order chi connectivity index (χ1) is 26.2. The van der Waals surface area contributed by atoms with Crippen LogP contribution in [0, 0.1) is 0 Å². The summed E-state index contributed by atoms with van der Waals surface area (Å²) in [5.74, 6) is 0. The Kier molecular flexibility index (Phi) is 6.09. The molecule has 12 aromatic rings. The first kappa shape index (κ1) is 29.2. The van der Waals surface area contributed by atoms with Gasteiger partial charge in [0, 0.05) is 91.1 Å². The minimum atomic E-state index is 0.858. The van der Waals surface area contributed by atoms with Crippen molar-refractivity contribution in [3.63, 3.8) is 0 Å². The summed E-state index contributed by atoms with van der Waals surface area (Å²) in [7, 11) is 0. The van der Waals surface area contributed by atoms with E-state index in [0.29, 0.717) is 0 Å². The zero-order valence-electron chi connectivity index (χ0n) is 28.2. The van der Waals surface area contributed by atoms with Crippen LogP contribution in [0.15, 0.2) is 173 Å². The predicted molar refractivity (Wildman–Crippen MR) is 227 cm³/mol. The van der Waals surface area contributed by atoms with Crippen LogP contribution in [-0.4, -0.2) is 0 Å². The Morgan fingerprint density at radius 2 is 0.925 bits per heavy atom. The standard InChI is InChI=1S/C48H27NO2S2/c1-4-16-40-33(11-1)35-21-19-30(26-42(35)50-40)49(31-20-22-36-34-12-2-5-17-41(34)51-43(36)27-31)29-10-7-9-28(25-29)32-14-8-15-37-38-23-24-45-46(48(38)53-47(32)37)39-13-3-6-18-44(39)52-45/h1-27H. The second kappa shape index (κ2) is 11.1. The van der Waals surface area contributed by atoms with Crippen molar-refractivity contribution in [2.24, 2.45) is 0 Å². The first-order valence-corrected chi connectivity index (χ1v) is 19.4. The topological polar surface area (TPSA) is 29.5 Å². The van der Waals surface area contributed by atoms with Crippen LogP contribution in [-0.2, 0) is 0 Å². The van der Waals surface area contributed by atoms with Crippen LogP contribution >= 0.6 is 22.7 Å². The predicted octanol–water partition coefficient (Wildman–Crippen LogP) is 15.4. The molecule has 0 bridgehead atoms. The molecule has 0 radical (unpaired) electrons. The van der Waals surface area contributed by atoms with Crippen molar-refractivity contribution in [2.45, 2.75) is 0 Å². The molecule has 0 saturated heterocycles. The molecule has 4 aromatic heterocycles. The summed E-state index contributed by atoms with van der Waals surface area (Å²) in [5, 5.41) is 9.78. The SMILES string of the molecule is c1cc(-c2cccc3c2sc2c3ccc3sc4ccccc4c32)cc(N(c2ccc3c(c2)oc2ccccc23)c2ccc3c(c2)oc2ccccc23)c1. The number of hydrogen-bond acceptors (Lipinski definition) is 5. The highest BCUT2D eigenvalue weighted by molar-refractivity contribution is 7.30. The molecule has 0 N–H and O–H groups in total. The van der Waals surface area contributed by atoms with Crippen molar-refractivity contribution in [1.29, 1.82) is 0 Å². The first-order valence-electron chi connectivity index (χ1n) is 17.7. The molecule has 53 heavy (non-hydrogen) atoms. The Balaban J connectivity index is 1.06. The Labute approximate surface area is 311 Å². The number of nitrogens with zero attached hydrogens (tertiary/aromatic N) is 1. The molecule has 0 aliphatic rings. The molecule has 5 heteroatoms. The minimum absolute atomic E-state index is 0.858. The fraction of sp³-hybridized carbons (Fsp3) is 0. The van der Waals surface area contributed by atoms with Crippen molar-refractivity contribution < 1.29 is 8.83 Å². The van der Waals surface area contributed by atoms with Gasteiger partial charge in [0.05, 0.1) is 0 Å². The van der Waals surface area contributed by atoms with E-state index in [1.807, 2.05) is 46.9 Å². The zero-order valence-corrected chi connectivity index (χ0v) is 29.8. The molecule has 0 amide bonds. The van der Waals surface area contributed by atoms with Crippen molar-refractivity contribution in [1.82, 2.24) is 0 Å². The van der Waals surface area contributed by atoms with E-state index in [0.717, 1.165) is 60.9 Å². The summed E-state index contributed by atoms with van der Waals surface area (Å²) < 4.78 is 18.1. The Morgan fingerprint density at radius 3 is 1.66 bits per heavy atom. The van der Waals surface area contributed by atoms with Gasteiger partial charge in [0.15, 0.2) is 0 Å². The molecule has 0 unspecified atom stereocenters. The molecule has 0 aliphatic heterocycles. The van der Waals surface area contributed by atoms with Gasteiger partial charge in [-0.1, -0.05) is 91.0 Å². The Bertz CT molecular complexity index is 3320. The molecular weight excluding hydrogens is 687 g/mol. The Morgan fingerprint density at radius 1 is 0.358 bits per heavy atom. The second-order valence-corrected chi connectivity index (χ2v) is 15.7. The van der Waals surface area contributed by atoms with Crippen LogP contribution in [0.3, 0.4) is 0 Å². The fourth-order valence-electron chi connectivity index (χ4n) is 8.26. The molecule has 0 aliphatic carbocycles. The van der Waals surface area contributed by atoms with E-state index in [1.54, 1.807) is 0 Å². The van der Waals surface area contributed by atoms with Gasteiger partial charge in [0.1, 0.15) is 22.3 Å². The van der Waals surface area contributed by atoms with Crippen LogP contribution in [0.5, 0.6) is 0 Å². The van der Waals surface area contributed by atoms with Gasteiger partial charge < -0.3 is 13.7 Å². The van der Waals surface area contributed by atoms with Crippen molar-refractivity contribution in [3.8, 4) is 11.1 Å². The summed E-state index contributed by atoms with van der Waals surface area (Å²) in [6, 6.07) is 58.7. The van der Waals surface area contributed by atoms with Gasteiger partial charge in [-0.05, 0) is 71.8 Å². The molecule has 0 spiro atoms. The highest BCUT2D eigenvalue weighted by atomic mass is 32.1. The van der Waals surface area contributed by atoms with Crippen LogP contribution in [0.2, 0.25) is 0 Å². The van der Waals surface area contributed by atoms with Gasteiger partial charge in [0.25, 0.3) is 0 Å². The van der Waals surface area contributed by atoms with Gasteiger partial charge >= 0.3 is 0 Å². The van der Waals surface area contributed by atoms with Crippen LogP contribution < -0.4 is 4.90 Å². The molecule has 4 heterocycles. The highest BCUT2D eigenvalue weighted by Crippen LogP contribution is 2.48. The average Bonchev–Trinajstić information content (AvgIpc) is 3.97.